The second-order valence-electron chi connectivity index (χ2n) is 9.93. The van der Waals surface area contributed by atoms with E-state index in [0.717, 1.165) is 68.6 Å². The number of pyridine rings is 1. The first-order valence-corrected chi connectivity index (χ1v) is 13.2. The van der Waals surface area contributed by atoms with E-state index in [-0.39, 0.29) is 12.8 Å². The van der Waals surface area contributed by atoms with Crippen LogP contribution in [0.3, 0.4) is 0 Å². The summed E-state index contributed by atoms with van der Waals surface area (Å²) in [5.74, 6) is 1.79. The van der Waals surface area contributed by atoms with Gasteiger partial charge in [-0.15, -0.1) is 0 Å². The average molecular weight is 503 g/mol. The zero-order valence-electron chi connectivity index (χ0n) is 21.5. The van der Waals surface area contributed by atoms with Crippen LogP contribution < -0.4 is 9.47 Å². The number of hydrogen-bond acceptors (Lipinski definition) is 5. The minimum absolute atomic E-state index is 0.145. The molecule has 6 heteroatoms. The highest BCUT2D eigenvalue weighted by atomic mass is 19.1. The maximum absolute atomic E-state index is 12.5. The number of aryl methyl sites for hydroxylation is 1. The van der Waals surface area contributed by atoms with E-state index in [1.54, 1.807) is 13.2 Å². The van der Waals surface area contributed by atoms with Crippen LogP contribution in [0.25, 0.3) is 11.1 Å². The number of ether oxygens (including phenoxy) is 2. The highest BCUT2D eigenvalue weighted by Gasteiger charge is 2.24. The molecule has 1 fully saturated rings. The number of aromatic nitrogens is 1. The molecule has 0 spiro atoms. The monoisotopic (exact) mass is 502 g/mol. The van der Waals surface area contributed by atoms with E-state index in [2.05, 4.69) is 40.2 Å². The van der Waals surface area contributed by atoms with E-state index in [9.17, 15) is 9.50 Å². The third kappa shape index (κ3) is 6.13. The molecule has 194 valence electrons. The van der Waals surface area contributed by atoms with Crippen molar-refractivity contribution in [2.45, 2.75) is 44.6 Å². The van der Waals surface area contributed by atoms with E-state index >= 15 is 0 Å². The Morgan fingerprint density at radius 2 is 1.84 bits per heavy atom. The smallest absolute Gasteiger partial charge is 0.212 e. The summed E-state index contributed by atoms with van der Waals surface area (Å²) in [4.78, 5) is 6.75. The van der Waals surface area contributed by atoms with Crippen LogP contribution in [0.5, 0.6) is 17.4 Å². The Morgan fingerprint density at radius 1 is 1.00 bits per heavy atom. The number of nitrogens with zero attached hydrogens (tertiary/aromatic N) is 2. The number of phenols is 1. The summed E-state index contributed by atoms with van der Waals surface area (Å²) in [5.41, 5.74) is 7.28. The number of likely N-dealkylation sites (tertiary alicyclic amines) is 1. The molecule has 0 bridgehead atoms. The Bertz CT molecular complexity index is 1220. The number of fused-ring (bicyclic) bond motifs is 1. The van der Waals surface area contributed by atoms with E-state index in [1.807, 2.05) is 24.4 Å². The number of halogens is 1. The molecule has 1 aromatic heterocycles. The lowest BCUT2D eigenvalue weighted by atomic mass is 9.83. The fourth-order valence-corrected chi connectivity index (χ4v) is 5.50. The van der Waals surface area contributed by atoms with Gasteiger partial charge in [0.1, 0.15) is 17.6 Å². The number of aromatic hydroxyl groups is 1. The van der Waals surface area contributed by atoms with Gasteiger partial charge < -0.3 is 14.6 Å². The number of benzene rings is 2. The molecule has 0 radical (unpaired) electrons. The molecule has 1 atom stereocenters. The molecule has 37 heavy (non-hydrogen) atoms. The van der Waals surface area contributed by atoms with Crippen molar-refractivity contribution in [3.63, 3.8) is 0 Å². The van der Waals surface area contributed by atoms with Crippen LogP contribution in [0.15, 0.2) is 60.8 Å². The van der Waals surface area contributed by atoms with Gasteiger partial charge in [0.05, 0.1) is 13.8 Å². The van der Waals surface area contributed by atoms with Gasteiger partial charge in [0.2, 0.25) is 5.88 Å². The standard InChI is InChI=1S/C31H35FN2O3/c1-36-31-13-9-25(20-33-31)29-5-2-4-23-18-26(35)10-6-24(23)19-30(29)22-7-11-27(12-8-22)37-28-14-17-34(21-28)16-3-15-32/h6-13,18,20,28,35H,2-5,14-17,19,21H2,1H3/b30-29-/t28-/m0/s1. The summed E-state index contributed by atoms with van der Waals surface area (Å²) in [6.45, 7) is 2.35. The first-order valence-electron chi connectivity index (χ1n) is 13.2. The highest BCUT2D eigenvalue weighted by molar-refractivity contribution is 5.92. The van der Waals surface area contributed by atoms with E-state index in [0.29, 0.717) is 18.1 Å². The van der Waals surface area contributed by atoms with Crippen LogP contribution in [-0.4, -0.2) is 54.5 Å². The topological polar surface area (TPSA) is 54.8 Å². The zero-order valence-corrected chi connectivity index (χ0v) is 21.5. The maximum atomic E-state index is 12.5. The molecule has 3 aromatic rings. The Labute approximate surface area is 218 Å². The van der Waals surface area contributed by atoms with Crippen LogP contribution in [0.2, 0.25) is 0 Å². The molecule has 2 aromatic carbocycles. The Kier molecular flexibility index (Phi) is 8.05. The summed E-state index contributed by atoms with van der Waals surface area (Å²) in [5, 5.41) is 10.1. The van der Waals surface area contributed by atoms with Gasteiger partial charge in [-0.1, -0.05) is 18.2 Å². The van der Waals surface area contributed by atoms with Crippen molar-refractivity contribution in [2.24, 2.45) is 0 Å². The Balaban J connectivity index is 1.43. The molecule has 2 aliphatic rings. The number of phenolic OH excluding ortho intramolecular Hbond substituents is 1. The van der Waals surface area contributed by atoms with Gasteiger partial charge >= 0.3 is 0 Å². The fourth-order valence-electron chi connectivity index (χ4n) is 5.50. The van der Waals surface area contributed by atoms with Gasteiger partial charge in [-0.25, -0.2) is 4.98 Å². The minimum Gasteiger partial charge on any atom is -0.508 e. The van der Waals surface area contributed by atoms with Crippen molar-refractivity contribution in [2.75, 3.05) is 33.4 Å². The van der Waals surface area contributed by atoms with Crippen LogP contribution in [0, 0.1) is 0 Å². The molecule has 1 saturated heterocycles. The first kappa shape index (κ1) is 25.3. The molecule has 5 nitrogen and oxygen atoms in total. The van der Waals surface area contributed by atoms with Crippen LogP contribution in [0.1, 0.15) is 47.9 Å². The van der Waals surface area contributed by atoms with Gasteiger partial charge in [0, 0.05) is 31.9 Å². The molecule has 5 rings (SSSR count). The van der Waals surface area contributed by atoms with Gasteiger partial charge in [0.15, 0.2) is 0 Å². The predicted octanol–water partition coefficient (Wildman–Crippen LogP) is 6.10. The fraction of sp³-hybridized carbons (Fsp3) is 0.387. The normalized spacial score (nSPS) is 20.2. The molecular formula is C31H35FN2O3. The van der Waals surface area contributed by atoms with Crippen molar-refractivity contribution < 1.29 is 19.0 Å². The van der Waals surface area contributed by atoms with Crippen molar-refractivity contribution in [1.82, 2.24) is 9.88 Å². The number of alkyl halides is 1. The van der Waals surface area contributed by atoms with E-state index < -0.39 is 0 Å². The molecule has 0 saturated carbocycles. The summed E-state index contributed by atoms with van der Waals surface area (Å²) in [6.07, 6.45) is 7.23. The minimum atomic E-state index is -0.264. The summed E-state index contributed by atoms with van der Waals surface area (Å²) in [7, 11) is 1.63. The summed E-state index contributed by atoms with van der Waals surface area (Å²) < 4.78 is 24.1. The molecule has 2 heterocycles. The lowest BCUT2D eigenvalue weighted by Gasteiger charge is -2.22. The molecule has 1 N–H and O–H groups in total. The molecule has 1 aliphatic heterocycles. The first-order chi connectivity index (χ1) is 18.1. The van der Waals surface area contributed by atoms with Crippen molar-refractivity contribution in [3.8, 4) is 17.4 Å². The van der Waals surface area contributed by atoms with Crippen molar-refractivity contribution in [1.29, 1.82) is 0 Å². The highest BCUT2D eigenvalue weighted by Crippen LogP contribution is 2.37. The molecule has 0 unspecified atom stereocenters. The molecular weight excluding hydrogens is 467 g/mol. The van der Waals surface area contributed by atoms with Gasteiger partial charge in [-0.05, 0) is 102 Å². The SMILES string of the molecule is COc1ccc(/C2=C(\c3ccc(O[C@H]4CCN(CCCF)C4)cc3)Cc3ccc(O)cc3CCC2)cn1. The Hall–Kier alpha value is -3.38. The second-order valence-corrected chi connectivity index (χ2v) is 9.93. The number of allylic oxidation sites excluding steroid dienone is 2. The number of methoxy groups -OCH3 is 1. The Morgan fingerprint density at radius 3 is 2.59 bits per heavy atom. The summed E-state index contributed by atoms with van der Waals surface area (Å²) >= 11 is 0. The molecule has 0 amide bonds. The van der Waals surface area contributed by atoms with Gasteiger partial charge in [0.25, 0.3) is 0 Å². The average Bonchev–Trinajstić information content (AvgIpc) is 3.36. The largest absolute Gasteiger partial charge is 0.508 e. The van der Waals surface area contributed by atoms with Crippen LogP contribution in [-0.2, 0) is 12.8 Å². The zero-order chi connectivity index (χ0) is 25.6. The molecule has 1 aliphatic carbocycles. The van der Waals surface area contributed by atoms with E-state index in [1.165, 1.54) is 22.3 Å². The van der Waals surface area contributed by atoms with Crippen molar-refractivity contribution in [3.05, 3.63) is 83.0 Å². The number of rotatable bonds is 8. The lowest BCUT2D eigenvalue weighted by Crippen LogP contribution is -2.26. The van der Waals surface area contributed by atoms with Crippen LogP contribution in [0.4, 0.5) is 4.39 Å². The third-order valence-electron chi connectivity index (χ3n) is 7.43. The van der Waals surface area contributed by atoms with E-state index in [4.69, 9.17) is 9.47 Å². The van der Waals surface area contributed by atoms with Gasteiger partial charge in [-0.3, -0.25) is 9.29 Å². The lowest BCUT2D eigenvalue weighted by molar-refractivity contribution is 0.198. The second kappa shape index (κ2) is 11.8. The van der Waals surface area contributed by atoms with Crippen LogP contribution >= 0.6 is 0 Å². The quantitative estimate of drug-likeness (QED) is 0.404. The predicted molar refractivity (Wildman–Crippen MR) is 145 cm³/mol. The van der Waals surface area contributed by atoms with Gasteiger partial charge in [-0.2, -0.15) is 0 Å². The maximum Gasteiger partial charge on any atom is 0.212 e. The van der Waals surface area contributed by atoms with Crippen molar-refractivity contribution >= 4 is 11.1 Å². The third-order valence-corrected chi connectivity index (χ3v) is 7.43. The summed E-state index contributed by atoms with van der Waals surface area (Å²) in [6, 6.07) is 18.2. The number of hydrogen-bond donors (Lipinski definition) is 1.